The molecular formula is C18H14ClN5O2. The van der Waals surface area contributed by atoms with Crippen LogP contribution in [0.4, 0.5) is 0 Å². The van der Waals surface area contributed by atoms with Crippen LogP contribution in [0.2, 0.25) is 5.02 Å². The number of nitrogens with one attached hydrogen (secondary N) is 2. The van der Waals surface area contributed by atoms with Gasteiger partial charge in [-0.3, -0.25) is 14.0 Å². The molecule has 0 saturated heterocycles. The fourth-order valence-electron chi connectivity index (χ4n) is 2.86. The molecule has 1 atom stereocenters. The number of rotatable bonds is 3. The van der Waals surface area contributed by atoms with E-state index >= 15 is 0 Å². The van der Waals surface area contributed by atoms with Gasteiger partial charge in [0.1, 0.15) is 5.56 Å². The Morgan fingerprint density at radius 2 is 2.12 bits per heavy atom. The summed E-state index contributed by atoms with van der Waals surface area (Å²) in [6.07, 6.45) is 3.21. The number of amides is 1. The van der Waals surface area contributed by atoms with Crippen molar-refractivity contribution in [2.45, 2.75) is 13.0 Å². The molecule has 8 heteroatoms. The van der Waals surface area contributed by atoms with E-state index in [1.807, 2.05) is 24.4 Å². The number of carbonyl (C=O) groups is 1. The summed E-state index contributed by atoms with van der Waals surface area (Å²) < 4.78 is 1.79. The smallest absolute Gasteiger partial charge is 0.257 e. The van der Waals surface area contributed by atoms with Crippen molar-refractivity contribution in [3.05, 3.63) is 75.4 Å². The molecule has 0 spiro atoms. The average Bonchev–Trinajstić information content (AvgIpc) is 3.06. The first-order valence-electron chi connectivity index (χ1n) is 7.96. The summed E-state index contributed by atoms with van der Waals surface area (Å²) in [5.74, 6) is 0.0984. The molecule has 4 aromatic rings. The van der Waals surface area contributed by atoms with Crippen LogP contribution in [-0.4, -0.2) is 25.5 Å². The first kappa shape index (κ1) is 16.3. The minimum atomic E-state index is -0.483. The fourth-order valence-corrected chi connectivity index (χ4v) is 3.03. The Morgan fingerprint density at radius 1 is 1.27 bits per heavy atom. The summed E-state index contributed by atoms with van der Waals surface area (Å²) in [4.78, 5) is 28.1. The van der Waals surface area contributed by atoms with Crippen molar-refractivity contribution in [3.8, 4) is 0 Å². The number of fused-ring (bicyclic) bond motifs is 2. The summed E-state index contributed by atoms with van der Waals surface area (Å²) in [7, 11) is 0. The highest BCUT2D eigenvalue weighted by molar-refractivity contribution is 6.31. The number of benzene rings is 1. The Kier molecular flexibility index (Phi) is 3.93. The van der Waals surface area contributed by atoms with Gasteiger partial charge in [0.05, 0.1) is 11.6 Å². The lowest BCUT2D eigenvalue weighted by Crippen LogP contribution is -2.32. The highest BCUT2D eigenvalue weighted by atomic mass is 35.5. The molecule has 7 nitrogen and oxygen atoms in total. The molecule has 0 bridgehead atoms. The average molecular weight is 368 g/mol. The van der Waals surface area contributed by atoms with Crippen LogP contribution in [0.15, 0.2) is 53.6 Å². The summed E-state index contributed by atoms with van der Waals surface area (Å²) in [5, 5.41) is 11.9. The predicted octanol–water partition coefficient (Wildman–Crippen LogP) is 2.72. The van der Waals surface area contributed by atoms with Crippen molar-refractivity contribution in [3.63, 3.8) is 0 Å². The van der Waals surface area contributed by atoms with Gasteiger partial charge in [0.15, 0.2) is 11.5 Å². The molecule has 1 unspecified atom stereocenters. The van der Waals surface area contributed by atoms with Crippen molar-refractivity contribution in [1.29, 1.82) is 0 Å². The lowest BCUT2D eigenvalue weighted by Gasteiger charge is -2.12. The Labute approximate surface area is 152 Å². The van der Waals surface area contributed by atoms with Crippen LogP contribution in [0.3, 0.4) is 0 Å². The number of carbonyl (C=O) groups excluding carboxylic acids is 1. The zero-order valence-corrected chi connectivity index (χ0v) is 14.5. The monoisotopic (exact) mass is 367 g/mol. The number of halogens is 1. The van der Waals surface area contributed by atoms with Crippen LogP contribution < -0.4 is 10.7 Å². The van der Waals surface area contributed by atoms with Gasteiger partial charge in [0, 0.05) is 22.8 Å². The van der Waals surface area contributed by atoms with Crippen molar-refractivity contribution < 1.29 is 4.79 Å². The molecule has 26 heavy (non-hydrogen) atoms. The minimum absolute atomic E-state index is 0.0282. The van der Waals surface area contributed by atoms with E-state index in [4.69, 9.17) is 11.6 Å². The molecule has 0 fully saturated rings. The molecule has 0 aliphatic carbocycles. The Morgan fingerprint density at radius 3 is 2.96 bits per heavy atom. The van der Waals surface area contributed by atoms with Crippen LogP contribution >= 0.6 is 11.6 Å². The van der Waals surface area contributed by atoms with Gasteiger partial charge >= 0.3 is 0 Å². The van der Waals surface area contributed by atoms with E-state index in [1.54, 1.807) is 29.5 Å². The zero-order chi connectivity index (χ0) is 18.3. The van der Waals surface area contributed by atoms with E-state index in [9.17, 15) is 9.59 Å². The van der Waals surface area contributed by atoms with Gasteiger partial charge in [-0.15, -0.1) is 10.2 Å². The molecule has 0 aliphatic heterocycles. The lowest BCUT2D eigenvalue weighted by atomic mass is 10.1. The van der Waals surface area contributed by atoms with Crippen molar-refractivity contribution in [2.75, 3.05) is 0 Å². The highest BCUT2D eigenvalue weighted by Crippen LogP contribution is 2.16. The third kappa shape index (κ3) is 2.72. The van der Waals surface area contributed by atoms with Gasteiger partial charge in [-0.05, 0) is 37.3 Å². The lowest BCUT2D eigenvalue weighted by molar-refractivity contribution is 0.0937. The largest absolute Gasteiger partial charge is 0.360 e. The third-order valence-corrected chi connectivity index (χ3v) is 4.40. The van der Waals surface area contributed by atoms with Gasteiger partial charge < -0.3 is 10.3 Å². The number of hydrogen-bond acceptors (Lipinski definition) is 4. The number of hydrogen-bond donors (Lipinski definition) is 2. The molecule has 4 rings (SSSR count). The van der Waals surface area contributed by atoms with Crippen LogP contribution in [-0.2, 0) is 0 Å². The first-order chi connectivity index (χ1) is 12.5. The number of aromatic amines is 1. The second kappa shape index (κ2) is 6.27. The van der Waals surface area contributed by atoms with Crippen LogP contribution in [0.25, 0.3) is 16.6 Å². The quantitative estimate of drug-likeness (QED) is 0.582. The van der Waals surface area contributed by atoms with Crippen LogP contribution in [0, 0.1) is 0 Å². The van der Waals surface area contributed by atoms with E-state index in [-0.39, 0.29) is 11.0 Å². The number of nitrogens with zero attached hydrogens (tertiary/aromatic N) is 3. The molecule has 1 amide bonds. The van der Waals surface area contributed by atoms with E-state index in [0.717, 1.165) is 0 Å². The summed E-state index contributed by atoms with van der Waals surface area (Å²) in [5.41, 5.74) is 0.936. The van der Waals surface area contributed by atoms with Crippen LogP contribution in [0.1, 0.15) is 29.1 Å². The molecule has 3 aromatic heterocycles. The molecule has 0 aliphatic rings. The summed E-state index contributed by atoms with van der Waals surface area (Å²) >= 11 is 5.93. The van der Waals surface area contributed by atoms with E-state index in [2.05, 4.69) is 20.5 Å². The molecule has 130 valence electrons. The van der Waals surface area contributed by atoms with Crippen molar-refractivity contribution in [2.24, 2.45) is 0 Å². The van der Waals surface area contributed by atoms with Gasteiger partial charge in [0.25, 0.3) is 5.91 Å². The molecule has 2 N–H and O–H groups in total. The van der Waals surface area contributed by atoms with Crippen molar-refractivity contribution >= 4 is 34.1 Å². The van der Waals surface area contributed by atoms with Gasteiger partial charge in [-0.2, -0.15) is 0 Å². The van der Waals surface area contributed by atoms with E-state index in [1.165, 1.54) is 6.20 Å². The number of pyridine rings is 2. The Bertz CT molecular complexity index is 1200. The molecular weight excluding hydrogens is 354 g/mol. The van der Waals surface area contributed by atoms with Gasteiger partial charge in [-0.1, -0.05) is 17.7 Å². The maximum Gasteiger partial charge on any atom is 0.257 e. The second-order valence-corrected chi connectivity index (χ2v) is 6.34. The van der Waals surface area contributed by atoms with E-state index in [0.29, 0.717) is 27.4 Å². The number of aromatic nitrogens is 4. The Hall–Kier alpha value is -3.19. The summed E-state index contributed by atoms with van der Waals surface area (Å²) in [6, 6.07) is 9.97. The predicted molar refractivity (Wildman–Crippen MR) is 98.4 cm³/mol. The molecule has 1 aromatic carbocycles. The maximum atomic E-state index is 12.6. The highest BCUT2D eigenvalue weighted by Gasteiger charge is 2.19. The Balaban J connectivity index is 1.66. The first-order valence-corrected chi connectivity index (χ1v) is 8.34. The topological polar surface area (TPSA) is 92.1 Å². The standard InChI is InChI=1S/C18H14ClN5O2/c1-10(17-23-22-15-4-2-3-7-24(15)17)21-18(26)13-9-20-14-8-11(19)5-6-12(14)16(13)25/h2-10H,1H3,(H,20,25)(H,21,26). The van der Waals surface area contributed by atoms with Crippen LogP contribution in [0.5, 0.6) is 0 Å². The SMILES string of the molecule is CC(NC(=O)c1c[nH]c2cc(Cl)ccc2c1=O)c1nnc2ccccn12. The summed E-state index contributed by atoms with van der Waals surface area (Å²) in [6.45, 7) is 1.79. The fraction of sp³-hybridized carbons (Fsp3) is 0.111. The maximum absolute atomic E-state index is 12.6. The number of H-pyrrole nitrogens is 1. The van der Waals surface area contributed by atoms with Crippen molar-refractivity contribution in [1.82, 2.24) is 24.9 Å². The molecule has 0 saturated carbocycles. The minimum Gasteiger partial charge on any atom is -0.360 e. The molecule has 3 heterocycles. The second-order valence-electron chi connectivity index (χ2n) is 5.90. The van der Waals surface area contributed by atoms with E-state index < -0.39 is 11.9 Å². The van der Waals surface area contributed by atoms with Gasteiger partial charge in [-0.25, -0.2) is 0 Å². The molecule has 0 radical (unpaired) electrons. The third-order valence-electron chi connectivity index (χ3n) is 4.16. The van der Waals surface area contributed by atoms with Gasteiger partial charge in [0.2, 0.25) is 5.43 Å². The zero-order valence-electron chi connectivity index (χ0n) is 13.7. The normalized spacial score (nSPS) is 12.4.